The van der Waals surface area contributed by atoms with Gasteiger partial charge in [-0.25, -0.2) is 4.98 Å². The molecule has 0 aliphatic heterocycles. The summed E-state index contributed by atoms with van der Waals surface area (Å²) in [6.45, 7) is 0.464. The predicted octanol–water partition coefficient (Wildman–Crippen LogP) is 2.93. The molecule has 2 aromatic rings. The molecule has 1 aromatic heterocycles. The number of hydrogen-bond acceptors (Lipinski definition) is 3. The normalized spacial score (nSPS) is 11.4. The van der Waals surface area contributed by atoms with Gasteiger partial charge < -0.3 is 14.6 Å². The zero-order valence-corrected chi connectivity index (χ0v) is 10.1. The molecule has 1 aromatic carbocycles. The largest absolute Gasteiger partial charge is 0.573 e. The Kier molecular flexibility index (Phi) is 3.64. The molecule has 0 aliphatic carbocycles. The smallest absolute Gasteiger partial charge is 0.406 e. The van der Waals surface area contributed by atoms with Gasteiger partial charge in [-0.1, -0.05) is 6.07 Å². The highest BCUT2D eigenvalue weighted by molar-refractivity contribution is 5.48. The van der Waals surface area contributed by atoms with E-state index >= 15 is 0 Å². The maximum absolute atomic E-state index is 12.1. The van der Waals surface area contributed by atoms with Crippen molar-refractivity contribution in [2.24, 2.45) is 7.05 Å². The Morgan fingerprint density at radius 2 is 2.16 bits per heavy atom. The average molecular weight is 271 g/mol. The quantitative estimate of drug-likeness (QED) is 0.929. The number of hydrogen-bond donors (Lipinski definition) is 1. The Balaban J connectivity index is 2.01. The van der Waals surface area contributed by atoms with Gasteiger partial charge in [-0.3, -0.25) is 0 Å². The van der Waals surface area contributed by atoms with Crippen molar-refractivity contribution in [3.05, 3.63) is 42.5 Å². The lowest BCUT2D eigenvalue weighted by Gasteiger charge is -2.11. The zero-order chi connectivity index (χ0) is 13.9. The number of halogens is 3. The van der Waals surface area contributed by atoms with E-state index in [1.54, 1.807) is 18.6 Å². The molecular formula is C12H12F3N3O. The summed E-state index contributed by atoms with van der Waals surface area (Å²) in [5.41, 5.74) is 1.46. The monoisotopic (exact) mass is 271 g/mol. The number of imidazole rings is 1. The van der Waals surface area contributed by atoms with Crippen LogP contribution in [-0.2, 0) is 13.6 Å². The second-order valence-corrected chi connectivity index (χ2v) is 3.93. The Hall–Kier alpha value is -2.18. The van der Waals surface area contributed by atoms with Crippen LogP contribution in [0.3, 0.4) is 0 Å². The highest BCUT2D eigenvalue weighted by Gasteiger charge is 2.31. The summed E-state index contributed by atoms with van der Waals surface area (Å²) in [7, 11) is 1.84. The van der Waals surface area contributed by atoms with Gasteiger partial charge in [0.1, 0.15) is 5.75 Å². The minimum atomic E-state index is -4.68. The number of ether oxygens (including phenoxy) is 1. The number of rotatable bonds is 4. The first-order valence-corrected chi connectivity index (χ1v) is 5.49. The predicted molar refractivity (Wildman–Crippen MR) is 63.7 cm³/mol. The van der Waals surface area contributed by atoms with Crippen molar-refractivity contribution in [3.8, 4) is 5.75 Å². The average Bonchev–Trinajstić information content (AvgIpc) is 2.70. The van der Waals surface area contributed by atoms with Crippen molar-refractivity contribution in [2.75, 3.05) is 5.32 Å². The van der Waals surface area contributed by atoms with Gasteiger partial charge in [-0.05, 0) is 12.1 Å². The second kappa shape index (κ2) is 5.21. The third kappa shape index (κ3) is 3.90. The molecular weight excluding hydrogens is 259 g/mol. The van der Waals surface area contributed by atoms with Crippen molar-refractivity contribution < 1.29 is 17.9 Å². The minimum absolute atomic E-state index is 0.248. The third-order valence-electron chi connectivity index (χ3n) is 2.46. The minimum Gasteiger partial charge on any atom is -0.406 e. The molecule has 0 bridgehead atoms. The molecule has 0 unspecified atom stereocenters. The molecule has 0 saturated heterocycles. The number of anilines is 1. The number of benzene rings is 1. The van der Waals surface area contributed by atoms with Gasteiger partial charge in [-0.15, -0.1) is 13.2 Å². The highest BCUT2D eigenvalue weighted by Crippen LogP contribution is 2.25. The fourth-order valence-corrected chi connectivity index (χ4v) is 1.55. The number of nitrogens with one attached hydrogen (secondary N) is 1. The molecule has 1 N–H and O–H groups in total. The molecule has 0 fully saturated rings. The van der Waals surface area contributed by atoms with Crippen molar-refractivity contribution in [2.45, 2.75) is 12.9 Å². The summed E-state index contributed by atoms with van der Waals surface area (Å²) in [6, 6.07) is 5.71. The number of aromatic nitrogens is 2. The van der Waals surface area contributed by atoms with E-state index in [1.807, 2.05) is 11.6 Å². The van der Waals surface area contributed by atoms with Crippen LogP contribution in [0.15, 0.2) is 36.8 Å². The lowest BCUT2D eigenvalue weighted by Crippen LogP contribution is -2.17. The summed E-state index contributed by atoms with van der Waals surface area (Å²) < 4.78 is 41.9. The summed E-state index contributed by atoms with van der Waals surface area (Å²) in [6.07, 6.45) is -1.34. The summed E-state index contributed by atoms with van der Waals surface area (Å²) >= 11 is 0. The number of aryl methyl sites for hydroxylation is 1. The molecule has 102 valence electrons. The SMILES string of the molecule is Cn1cncc1CNc1cccc(OC(F)(F)F)c1. The standard InChI is InChI=1S/C12H12F3N3O/c1-18-8-16-6-10(18)7-17-9-3-2-4-11(5-9)19-12(13,14)15/h2-6,8,17H,7H2,1H3. The van der Waals surface area contributed by atoms with E-state index in [-0.39, 0.29) is 5.75 Å². The lowest BCUT2D eigenvalue weighted by molar-refractivity contribution is -0.274. The fraction of sp³-hybridized carbons (Fsp3) is 0.250. The van der Waals surface area contributed by atoms with Gasteiger partial charge in [0.25, 0.3) is 0 Å². The zero-order valence-electron chi connectivity index (χ0n) is 10.1. The third-order valence-corrected chi connectivity index (χ3v) is 2.46. The van der Waals surface area contributed by atoms with E-state index in [1.165, 1.54) is 18.2 Å². The van der Waals surface area contributed by atoms with Gasteiger partial charge in [0.2, 0.25) is 0 Å². The Morgan fingerprint density at radius 1 is 1.37 bits per heavy atom. The van der Waals surface area contributed by atoms with Crippen LogP contribution in [0.1, 0.15) is 5.69 Å². The van der Waals surface area contributed by atoms with Gasteiger partial charge in [0, 0.05) is 25.0 Å². The topological polar surface area (TPSA) is 39.1 Å². The molecule has 0 saturated carbocycles. The van der Waals surface area contributed by atoms with Crippen molar-refractivity contribution in [3.63, 3.8) is 0 Å². The Bertz CT molecular complexity index is 551. The molecule has 0 spiro atoms. The van der Waals surface area contributed by atoms with E-state index in [0.717, 1.165) is 5.69 Å². The van der Waals surface area contributed by atoms with Crippen LogP contribution in [0.2, 0.25) is 0 Å². The van der Waals surface area contributed by atoms with Crippen LogP contribution in [-0.4, -0.2) is 15.9 Å². The van der Waals surface area contributed by atoms with E-state index in [2.05, 4.69) is 15.0 Å². The van der Waals surface area contributed by atoms with Crippen LogP contribution in [0.25, 0.3) is 0 Å². The van der Waals surface area contributed by atoms with Crippen LogP contribution >= 0.6 is 0 Å². The maximum Gasteiger partial charge on any atom is 0.573 e. The fourth-order valence-electron chi connectivity index (χ4n) is 1.55. The van der Waals surface area contributed by atoms with E-state index in [4.69, 9.17) is 0 Å². The van der Waals surface area contributed by atoms with Crippen LogP contribution < -0.4 is 10.1 Å². The van der Waals surface area contributed by atoms with Gasteiger partial charge in [-0.2, -0.15) is 0 Å². The van der Waals surface area contributed by atoms with E-state index < -0.39 is 6.36 Å². The van der Waals surface area contributed by atoms with Crippen LogP contribution in [0.4, 0.5) is 18.9 Å². The van der Waals surface area contributed by atoms with Gasteiger partial charge >= 0.3 is 6.36 Å². The molecule has 0 atom stereocenters. The molecule has 2 rings (SSSR count). The Morgan fingerprint density at radius 3 is 2.79 bits per heavy atom. The van der Waals surface area contributed by atoms with Gasteiger partial charge in [0.15, 0.2) is 0 Å². The summed E-state index contributed by atoms with van der Waals surface area (Å²) in [5, 5.41) is 3.01. The molecule has 4 nitrogen and oxygen atoms in total. The van der Waals surface area contributed by atoms with Crippen molar-refractivity contribution >= 4 is 5.69 Å². The second-order valence-electron chi connectivity index (χ2n) is 3.93. The maximum atomic E-state index is 12.1. The molecule has 0 amide bonds. The molecule has 0 radical (unpaired) electrons. The number of alkyl halides is 3. The highest BCUT2D eigenvalue weighted by atomic mass is 19.4. The Labute approximate surface area is 107 Å². The lowest BCUT2D eigenvalue weighted by atomic mass is 10.3. The number of nitrogens with zero attached hydrogens (tertiary/aromatic N) is 2. The summed E-state index contributed by atoms with van der Waals surface area (Å²) in [4.78, 5) is 3.95. The molecule has 19 heavy (non-hydrogen) atoms. The van der Waals surface area contributed by atoms with Crippen LogP contribution in [0, 0.1) is 0 Å². The molecule has 0 aliphatic rings. The first-order chi connectivity index (χ1) is 8.94. The first-order valence-electron chi connectivity index (χ1n) is 5.49. The molecule has 1 heterocycles. The first kappa shape index (κ1) is 13.3. The van der Waals surface area contributed by atoms with Crippen molar-refractivity contribution in [1.82, 2.24) is 9.55 Å². The summed E-state index contributed by atoms with van der Waals surface area (Å²) in [5.74, 6) is -0.248. The molecule has 7 heteroatoms. The van der Waals surface area contributed by atoms with E-state index in [0.29, 0.717) is 12.2 Å². The van der Waals surface area contributed by atoms with Crippen molar-refractivity contribution in [1.29, 1.82) is 0 Å². The van der Waals surface area contributed by atoms with E-state index in [9.17, 15) is 13.2 Å². The van der Waals surface area contributed by atoms with Gasteiger partial charge in [0.05, 0.1) is 18.6 Å². The van der Waals surface area contributed by atoms with Crippen LogP contribution in [0.5, 0.6) is 5.75 Å².